The summed E-state index contributed by atoms with van der Waals surface area (Å²) in [6, 6.07) is 6.99. The van der Waals surface area contributed by atoms with E-state index in [1.165, 1.54) is 18.3 Å². The Morgan fingerprint density at radius 3 is 2.05 bits per heavy atom. The Bertz CT molecular complexity index is 636. The number of hydrogen-bond donors (Lipinski definition) is 4. The van der Waals surface area contributed by atoms with Crippen LogP contribution < -0.4 is 11.1 Å². The third-order valence-electron chi connectivity index (χ3n) is 2.50. The number of carboxylic acids is 2. The summed E-state index contributed by atoms with van der Waals surface area (Å²) in [7, 11) is 0. The van der Waals surface area contributed by atoms with E-state index in [0.29, 0.717) is 17.2 Å². The molecule has 7 heteroatoms. The SMILES string of the molecule is Nc1ccc(Nc2cc(C(=O)O)cc(C(=O)O)c2)cn1. The predicted octanol–water partition coefficient (Wildman–Crippen LogP) is 1.80. The smallest absolute Gasteiger partial charge is 0.335 e. The molecule has 0 aliphatic carbocycles. The lowest BCUT2D eigenvalue weighted by Gasteiger charge is -2.08. The van der Waals surface area contributed by atoms with Crippen molar-refractivity contribution in [3.8, 4) is 0 Å². The number of hydrogen-bond acceptors (Lipinski definition) is 5. The topological polar surface area (TPSA) is 126 Å². The Morgan fingerprint density at radius 1 is 1.00 bits per heavy atom. The van der Waals surface area contributed by atoms with Crippen LogP contribution in [0.25, 0.3) is 0 Å². The maximum absolute atomic E-state index is 11.0. The van der Waals surface area contributed by atoms with Gasteiger partial charge in [0.25, 0.3) is 0 Å². The van der Waals surface area contributed by atoms with Gasteiger partial charge in [0.1, 0.15) is 5.82 Å². The van der Waals surface area contributed by atoms with Crippen molar-refractivity contribution in [3.63, 3.8) is 0 Å². The lowest BCUT2D eigenvalue weighted by atomic mass is 10.1. The molecule has 0 aliphatic heterocycles. The molecule has 2 aromatic rings. The first kappa shape index (κ1) is 13.3. The Labute approximate surface area is 113 Å². The van der Waals surface area contributed by atoms with Crippen molar-refractivity contribution in [1.82, 2.24) is 4.98 Å². The summed E-state index contributed by atoms with van der Waals surface area (Å²) in [5.74, 6) is -2.06. The summed E-state index contributed by atoms with van der Waals surface area (Å²) < 4.78 is 0. The second-order valence-electron chi connectivity index (χ2n) is 4.01. The largest absolute Gasteiger partial charge is 0.478 e. The first-order chi connectivity index (χ1) is 9.45. The fourth-order valence-corrected chi connectivity index (χ4v) is 1.59. The van der Waals surface area contributed by atoms with Crippen LogP contribution in [-0.4, -0.2) is 27.1 Å². The zero-order chi connectivity index (χ0) is 14.7. The van der Waals surface area contributed by atoms with Crippen LogP contribution in [0, 0.1) is 0 Å². The highest BCUT2D eigenvalue weighted by Crippen LogP contribution is 2.20. The molecule has 0 spiro atoms. The maximum atomic E-state index is 11.0. The Hall–Kier alpha value is -3.09. The molecule has 1 aromatic heterocycles. The number of pyridine rings is 1. The van der Waals surface area contributed by atoms with Gasteiger partial charge in [-0.3, -0.25) is 0 Å². The number of carbonyl (C=O) groups is 2. The first-order valence-corrected chi connectivity index (χ1v) is 5.56. The summed E-state index contributed by atoms with van der Waals surface area (Å²) in [5, 5.41) is 20.8. The highest BCUT2D eigenvalue weighted by Gasteiger charge is 2.11. The number of aromatic carboxylic acids is 2. The average molecular weight is 273 g/mol. The molecule has 1 aromatic carbocycles. The summed E-state index contributed by atoms with van der Waals surface area (Å²) >= 11 is 0. The van der Waals surface area contributed by atoms with Gasteiger partial charge in [-0.2, -0.15) is 0 Å². The Balaban J connectivity index is 2.37. The second-order valence-corrected chi connectivity index (χ2v) is 4.01. The molecule has 0 aliphatic rings. The summed E-state index contributed by atoms with van der Waals surface area (Å²) in [6.45, 7) is 0. The molecule has 7 nitrogen and oxygen atoms in total. The zero-order valence-corrected chi connectivity index (χ0v) is 10.2. The van der Waals surface area contributed by atoms with Crippen molar-refractivity contribution in [2.24, 2.45) is 0 Å². The van der Waals surface area contributed by atoms with Gasteiger partial charge < -0.3 is 21.3 Å². The number of rotatable bonds is 4. The Kier molecular flexibility index (Phi) is 3.52. The summed E-state index contributed by atoms with van der Waals surface area (Å²) in [5.41, 5.74) is 6.13. The molecule has 1 heterocycles. The van der Waals surface area contributed by atoms with E-state index in [1.807, 2.05) is 0 Å². The van der Waals surface area contributed by atoms with Crippen molar-refractivity contribution < 1.29 is 19.8 Å². The van der Waals surface area contributed by atoms with Gasteiger partial charge in [0, 0.05) is 5.69 Å². The molecule has 0 saturated carbocycles. The van der Waals surface area contributed by atoms with Crippen LogP contribution in [0.2, 0.25) is 0 Å². The molecular weight excluding hydrogens is 262 g/mol. The van der Waals surface area contributed by atoms with Gasteiger partial charge in [-0.15, -0.1) is 0 Å². The summed E-state index contributed by atoms with van der Waals surface area (Å²) in [4.78, 5) is 25.8. The second kappa shape index (κ2) is 5.27. The molecule has 0 bridgehead atoms. The number of anilines is 3. The third kappa shape index (κ3) is 3.02. The molecule has 0 fully saturated rings. The number of carboxylic acid groups (broad SMARTS) is 2. The van der Waals surface area contributed by atoms with Crippen molar-refractivity contribution in [2.45, 2.75) is 0 Å². The molecule has 102 valence electrons. The molecule has 0 atom stereocenters. The monoisotopic (exact) mass is 273 g/mol. The minimum atomic E-state index is -1.20. The van der Waals surface area contributed by atoms with E-state index in [1.54, 1.807) is 12.1 Å². The maximum Gasteiger partial charge on any atom is 0.335 e. The predicted molar refractivity (Wildman–Crippen MR) is 72.3 cm³/mol. The van der Waals surface area contributed by atoms with Crippen LogP contribution in [0.3, 0.4) is 0 Å². The Morgan fingerprint density at radius 2 is 1.60 bits per heavy atom. The zero-order valence-electron chi connectivity index (χ0n) is 10.2. The van der Waals surface area contributed by atoms with Crippen molar-refractivity contribution >= 4 is 29.1 Å². The van der Waals surface area contributed by atoms with Crippen LogP contribution in [-0.2, 0) is 0 Å². The number of nitrogens with one attached hydrogen (secondary N) is 1. The van der Waals surface area contributed by atoms with Crippen molar-refractivity contribution in [1.29, 1.82) is 0 Å². The lowest BCUT2D eigenvalue weighted by Crippen LogP contribution is -2.04. The van der Waals surface area contributed by atoms with E-state index < -0.39 is 11.9 Å². The number of nitrogen functional groups attached to an aromatic ring is 1. The van der Waals surface area contributed by atoms with Crippen LogP contribution in [0.4, 0.5) is 17.2 Å². The van der Waals surface area contributed by atoms with Gasteiger partial charge in [0.2, 0.25) is 0 Å². The molecule has 2 rings (SSSR count). The van der Waals surface area contributed by atoms with Crippen molar-refractivity contribution in [3.05, 3.63) is 47.7 Å². The highest BCUT2D eigenvalue weighted by atomic mass is 16.4. The van der Waals surface area contributed by atoms with Crippen molar-refractivity contribution in [2.75, 3.05) is 11.1 Å². The third-order valence-corrected chi connectivity index (χ3v) is 2.50. The van der Waals surface area contributed by atoms with E-state index in [9.17, 15) is 9.59 Å². The minimum Gasteiger partial charge on any atom is -0.478 e. The number of nitrogens with zero attached hydrogens (tertiary/aromatic N) is 1. The number of nitrogens with two attached hydrogens (primary N) is 1. The van der Waals surface area contributed by atoms with E-state index in [0.717, 1.165) is 6.07 Å². The van der Waals surface area contributed by atoms with E-state index in [4.69, 9.17) is 15.9 Å². The lowest BCUT2D eigenvalue weighted by molar-refractivity contribution is 0.0696. The van der Waals surface area contributed by atoms with Crippen LogP contribution >= 0.6 is 0 Å². The molecule has 20 heavy (non-hydrogen) atoms. The van der Waals surface area contributed by atoms with E-state index in [2.05, 4.69) is 10.3 Å². The standard InChI is InChI=1S/C13H11N3O4/c14-11-2-1-9(6-15-11)16-10-4-7(12(17)18)3-8(5-10)13(19)20/h1-6,16H,(H2,14,15)(H,17,18)(H,19,20). The van der Waals surface area contributed by atoms with E-state index >= 15 is 0 Å². The van der Waals surface area contributed by atoms with E-state index in [-0.39, 0.29) is 11.1 Å². The highest BCUT2D eigenvalue weighted by molar-refractivity contribution is 5.95. The van der Waals surface area contributed by atoms with Gasteiger partial charge in [0.15, 0.2) is 0 Å². The average Bonchev–Trinajstić information content (AvgIpc) is 2.41. The molecule has 0 amide bonds. The number of aromatic nitrogens is 1. The quantitative estimate of drug-likeness (QED) is 0.669. The molecule has 0 unspecified atom stereocenters. The molecule has 0 saturated heterocycles. The van der Waals surface area contributed by atoms with Gasteiger partial charge in [-0.25, -0.2) is 14.6 Å². The summed E-state index contributed by atoms with van der Waals surface area (Å²) in [6.07, 6.45) is 1.46. The van der Waals surface area contributed by atoms with Gasteiger partial charge in [-0.1, -0.05) is 0 Å². The fraction of sp³-hybridized carbons (Fsp3) is 0. The molecule has 5 N–H and O–H groups in total. The normalized spacial score (nSPS) is 10.0. The van der Waals surface area contributed by atoms with Gasteiger partial charge >= 0.3 is 11.9 Å². The van der Waals surface area contributed by atoms with Crippen LogP contribution in [0.15, 0.2) is 36.5 Å². The van der Waals surface area contributed by atoms with Crippen LogP contribution in [0.1, 0.15) is 20.7 Å². The first-order valence-electron chi connectivity index (χ1n) is 5.56. The van der Waals surface area contributed by atoms with Gasteiger partial charge in [-0.05, 0) is 30.3 Å². The minimum absolute atomic E-state index is 0.115. The molecule has 0 radical (unpaired) electrons. The molecular formula is C13H11N3O4. The fourth-order valence-electron chi connectivity index (χ4n) is 1.59. The van der Waals surface area contributed by atoms with Gasteiger partial charge in [0.05, 0.1) is 23.0 Å². The number of benzene rings is 1. The van der Waals surface area contributed by atoms with Crippen LogP contribution in [0.5, 0.6) is 0 Å².